The van der Waals surface area contributed by atoms with E-state index in [2.05, 4.69) is 15.6 Å². The molecule has 3 heterocycles. The number of urea groups is 1. The van der Waals surface area contributed by atoms with Crippen molar-refractivity contribution in [2.75, 3.05) is 6.54 Å². The van der Waals surface area contributed by atoms with Crippen LogP contribution >= 0.6 is 34.4 Å². The monoisotopic (exact) mass is 406 g/mol. The Labute approximate surface area is 163 Å². The van der Waals surface area contributed by atoms with Gasteiger partial charge in [-0.2, -0.15) is 0 Å². The Morgan fingerprint density at radius 3 is 2.54 bits per heavy atom. The standard InChI is InChI=1S/C17H18N4O2S3/c1-3-18-16(23)21-15(22)10(2)26-17-19-13(11-6-4-8-24-11)14(20-17)12-7-5-9-25-12/h4-10H,3H2,1-2H3,(H,19,20)(H2,18,21,22,23). The summed E-state index contributed by atoms with van der Waals surface area (Å²) in [7, 11) is 0. The summed E-state index contributed by atoms with van der Waals surface area (Å²) in [6, 6.07) is 7.56. The molecule has 0 aliphatic rings. The summed E-state index contributed by atoms with van der Waals surface area (Å²) >= 11 is 4.54. The molecule has 0 spiro atoms. The average molecular weight is 407 g/mol. The number of amides is 3. The number of H-pyrrole nitrogens is 1. The fourth-order valence-electron chi connectivity index (χ4n) is 2.24. The molecule has 0 aliphatic heterocycles. The molecule has 3 N–H and O–H groups in total. The summed E-state index contributed by atoms with van der Waals surface area (Å²) in [5, 5.41) is 9.09. The van der Waals surface area contributed by atoms with Crippen LogP contribution in [-0.2, 0) is 4.79 Å². The number of aromatic amines is 1. The van der Waals surface area contributed by atoms with Gasteiger partial charge in [0.15, 0.2) is 5.16 Å². The second-order valence-electron chi connectivity index (χ2n) is 5.33. The molecule has 6 nitrogen and oxygen atoms in total. The van der Waals surface area contributed by atoms with Gasteiger partial charge in [-0.3, -0.25) is 10.1 Å². The lowest BCUT2D eigenvalue weighted by Gasteiger charge is -2.09. The Kier molecular flexibility index (Phi) is 6.12. The van der Waals surface area contributed by atoms with Gasteiger partial charge in [0.05, 0.1) is 20.7 Å². The second kappa shape index (κ2) is 8.52. The normalized spacial score (nSPS) is 11.9. The number of carbonyl (C=O) groups is 2. The molecule has 136 valence electrons. The first-order valence-corrected chi connectivity index (χ1v) is 10.7. The Bertz CT molecular complexity index is 820. The van der Waals surface area contributed by atoms with E-state index >= 15 is 0 Å². The third-order valence-electron chi connectivity index (χ3n) is 3.44. The molecule has 1 unspecified atom stereocenters. The van der Waals surface area contributed by atoms with Crippen molar-refractivity contribution in [2.24, 2.45) is 0 Å². The van der Waals surface area contributed by atoms with Crippen LogP contribution in [-0.4, -0.2) is 33.7 Å². The molecule has 3 aromatic rings. The number of imide groups is 1. The van der Waals surface area contributed by atoms with Gasteiger partial charge in [0, 0.05) is 6.54 Å². The molecule has 3 aromatic heterocycles. The van der Waals surface area contributed by atoms with Crippen molar-refractivity contribution in [3.05, 3.63) is 35.0 Å². The van der Waals surface area contributed by atoms with Gasteiger partial charge < -0.3 is 10.3 Å². The van der Waals surface area contributed by atoms with Crippen molar-refractivity contribution < 1.29 is 9.59 Å². The van der Waals surface area contributed by atoms with E-state index in [9.17, 15) is 9.59 Å². The van der Waals surface area contributed by atoms with Crippen LogP contribution in [0.3, 0.4) is 0 Å². The van der Waals surface area contributed by atoms with Crippen LogP contribution in [0.1, 0.15) is 13.8 Å². The third kappa shape index (κ3) is 4.35. The van der Waals surface area contributed by atoms with Crippen LogP contribution < -0.4 is 10.6 Å². The number of rotatable bonds is 6. The van der Waals surface area contributed by atoms with Gasteiger partial charge in [-0.25, -0.2) is 9.78 Å². The first kappa shape index (κ1) is 18.7. The number of aromatic nitrogens is 2. The molecule has 0 aliphatic carbocycles. The lowest BCUT2D eigenvalue weighted by Crippen LogP contribution is -2.42. The summed E-state index contributed by atoms with van der Waals surface area (Å²) in [5.41, 5.74) is 1.82. The van der Waals surface area contributed by atoms with Crippen LogP contribution in [0, 0.1) is 0 Å². The molecule has 0 radical (unpaired) electrons. The molecule has 0 fully saturated rings. The van der Waals surface area contributed by atoms with Gasteiger partial charge >= 0.3 is 6.03 Å². The predicted molar refractivity (Wildman–Crippen MR) is 108 cm³/mol. The van der Waals surface area contributed by atoms with Crippen molar-refractivity contribution in [3.8, 4) is 21.1 Å². The maximum Gasteiger partial charge on any atom is 0.321 e. The number of nitrogens with zero attached hydrogens (tertiary/aromatic N) is 1. The van der Waals surface area contributed by atoms with Crippen LogP contribution in [0.25, 0.3) is 21.1 Å². The van der Waals surface area contributed by atoms with E-state index in [-0.39, 0.29) is 5.91 Å². The summed E-state index contributed by atoms with van der Waals surface area (Å²) in [6.45, 7) is 4.01. The zero-order valence-electron chi connectivity index (χ0n) is 14.2. The molecule has 0 saturated carbocycles. The summed E-state index contributed by atoms with van der Waals surface area (Å²) in [4.78, 5) is 33.8. The fraction of sp³-hybridized carbons (Fsp3) is 0.235. The highest BCUT2D eigenvalue weighted by Gasteiger charge is 2.21. The molecular formula is C17H18N4O2S3. The zero-order chi connectivity index (χ0) is 18.5. The van der Waals surface area contributed by atoms with Gasteiger partial charge in [-0.05, 0) is 36.7 Å². The number of hydrogen-bond acceptors (Lipinski definition) is 6. The highest BCUT2D eigenvalue weighted by Crippen LogP contribution is 2.37. The SMILES string of the molecule is CCNC(=O)NC(=O)C(C)Sc1nc(-c2cccs2)c(-c2cccs2)[nH]1. The van der Waals surface area contributed by atoms with E-state index in [0.29, 0.717) is 11.7 Å². The van der Waals surface area contributed by atoms with Gasteiger partial charge in [-0.1, -0.05) is 23.9 Å². The number of hydrogen-bond donors (Lipinski definition) is 3. The molecule has 0 saturated heterocycles. The maximum absolute atomic E-state index is 12.2. The number of carbonyl (C=O) groups excluding carboxylic acids is 2. The van der Waals surface area contributed by atoms with Crippen molar-refractivity contribution in [1.82, 2.24) is 20.6 Å². The largest absolute Gasteiger partial charge is 0.338 e. The quantitative estimate of drug-likeness (QED) is 0.536. The molecule has 0 aromatic carbocycles. The van der Waals surface area contributed by atoms with Gasteiger partial charge in [-0.15, -0.1) is 22.7 Å². The number of thiophene rings is 2. The molecule has 0 bridgehead atoms. The van der Waals surface area contributed by atoms with Crippen LogP contribution in [0.2, 0.25) is 0 Å². The molecule has 1 atom stereocenters. The first-order valence-electron chi connectivity index (χ1n) is 8.01. The Morgan fingerprint density at radius 2 is 1.92 bits per heavy atom. The maximum atomic E-state index is 12.2. The van der Waals surface area contributed by atoms with Crippen LogP contribution in [0.4, 0.5) is 4.79 Å². The summed E-state index contributed by atoms with van der Waals surface area (Å²) < 4.78 is 0. The van der Waals surface area contributed by atoms with E-state index in [4.69, 9.17) is 4.98 Å². The highest BCUT2D eigenvalue weighted by molar-refractivity contribution is 8.00. The highest BCUT2D eigenvalue weighted by atomic mass is 32.2. The molecule has 3 amide bonds. The van der Waals surface area contributed by atoms with Gasteiger partial charge in [0.1, 0.15) is 5.69 Å². The van der Waals surface area contributed by atoms with Crippen molar-refractivity contribution in [3.63, 3.8) is 0 Å². The first-order chi connectivity index (χ1) is 12.6. The molecule has 9 heteroatoms. The fourth-order valence-corrected chi connectivity index (χ4v) is 4.49. The van der Waals surface area contributed by atoms with E-state index < -0.39 is 11.3 Å². The van der Waals surface area contributed by atoms with E-state index in [0.717, 1.165) is 21.1 Å². The third-order valence-corrected chi connectivity index (χ3v) is 6.18. The van der Waals surface area contributed by atoms with E-state index in [1.807, 2.05) is 35.0 Å². The van der Waals surface area contributed by atoms with Crippen molar-refractivity contribution >= 4 is 46.4 Å². The van der Waals surface area contributed by atoms with E-state index in [1.54, 1.807) is 36.5 Å². The van der Waals surface area contributed by atoms with Crippen molar-refractivity contribution in [1.29, 1.82) is 0 Å². The second-order valence-corrected chi connectivity index (χ2v) is 8.55. The number of thioether (sulfide) groups is 1. The number of imidazole rings is 1. The predicted octanol–water partition coefficient (Wildman–Crippen LogP) is 4.19. The lowest BCUT2D eigenvalue weighted by molar-refractivity contribution is -0.119. The molecule has 26 heavy (non-hydrogen) atoms. The Morgan fingerprint density at radius 1 is 1.23 bits per heavy atom. The Balaban J connectivity index is 1.79. The van der Waals surface area contributed by atoms with Crippen molar-refractivity contribution in [2.45, 2.75) is 24.3 Å². The average Bonchev–Trinajstić information content (AvgIpc) is 3.35. The zero-order valence-corrected chi connectivity index (χ0v) is 16.7. The topological polar surface area (TPSA) is 86.9 Å². The molecule has 3 rings (SSSR count). The minimum atomic E-state index is -0.483. The van der Waals surface area contributed by atoms with Crippen LogP contribution in [0.5, 0.6) is 0 Å². The minimum Gasteiger partial charge on any atom is -0.338 e. The van der Waals surface area contributed by atoms with Gasteiger partial charge in [0.2, 0.25) is 5.91 Å². The summed E-state index contributed by atoms with van der Waals surface area (Å²) in [6.07, 6.45) is 0. The lowest BCUT2D eigenvalue weighted by atomic mass is 10.2. The molecular weight excluding hydrogens is 388 g/mol. The Hall–Kier alpha value is -2.10. The van der Waals surface area contributed by atoms with Gasteiger partial charge in [0.25, 0.3) is 0 Å². The van der Waals surface area contributed by atoms with Crippen LogP contribution in [0.15, 0.2) is 40.2 Å². The van der Waals surface area contributed by atoms with E-state index in [1.165, 1.54) is 11.8 Å². The smallest absolute Gasteiger partial charge is 0.321 e. The minimum absolute atomic E-state index is 0.354. The summed E-state index contributed by atoms with van der Waals surface area (Å²) in [5.74, 6) is -0.354. The number of nitrogens with one attached hydrogen (secondary N) is 3.